The monoisotopic (exact) mass is 311 g/mol. The van der Waals surface area contributed by atoms with Gasteiger partial charge in [-0.3, -0.25) is 4.68 Å². The Morgan fingerprint density at radius 3 is 2.72 bits per heavy atom. The molecule has 3 nitrogen and oxygen atoms in total. The summed E-state index contributed by atoms with van der Waals surface area (Å²) in [6.07, 6.45) is 1.99. The number of anilines is 1. The fourth-order valence-electron chi connectivity index (χ4n) is 1.96. The maximum atomic E-state index is 13.0. The van der Waals surface area contributed by atoms with Gasteiger partial charge in [-0.25, -0.2) is 4.39 Å². The van der Waals surface area contributed by atoms with E-state index in [4.69, 9.17) is 0 Å². The minimum absolute atomic E-state index is 0.112. The molecule has 5 heteroatoms. The van der Waals surface area contributed by atoms with Crippen LogP contribution in [0.25, 0.3) is 0 Å². The van der Waals surface area contributed by atoms with Crippen molar-refractivity contribution in [1.82, 2.24) is 9.78 Å². The summed E-state index contributed by atoms with van der Waals surface area (Å²) in [6, 6.07) is 4.73. The second-order valence-electron chi connectivity index (χ2n) is 4.33. The average Bonchev–Trinajstić information content (AvgIpc) is 2.62. The molecule has 18 heavy (non-hydrogen) atoms. The van der Waals surface area contributed by atoms with Crippen LogP contribution in [-0.2, 0) is 7.05 Å². The number of aromatic nitrogens is 2. The summed E-state index contributed by atoms with van der Waals surface area (Å²) in [5.41, 5.74) is 3.00. The van der Waals surface area contributed by atoms with Crippen molar-refractivity contribution in [2.75, 3.05) is 5.32 Å². The van der Waals surface area contributed by atoms with Gasteiger partial charge in [0.1, 0.15) is 5.82 Å². The summed E-state index contributed by atoms with van der Waals surface area (Å²) >= 11 is 3.35. The number of nitrogens with one attached hydrogen (secondary N) is 1. The normalized spacial score (nSPS) is 12.5. The van der Waals surface area contributed by atoms with Crippen LogP contribution in [0, 0.1) is 12.7 Å². The van der Waals surface area contributed by atoms with Crippen molar-refractivity contribution in [3.8, 4) is 0 Å². The zero-order valence-electron chi connectivity index (χ0n) is 10.5. The quantitative estimate of drug-likeness (QED) is 0.934. The van der Waals surface area contributed by atoms with Gasteiger partial charge in [-0.1, -0.05) is 0 Å². The molecule has 0 aliphatic rings. The highest BCUT2D eigenvalue weighted by atomic mass is 79.9. The highest BCUT2D eigenvalue weighted by Gasteiger charge is 2.12. The Morgan fingerprint density at radius 1 is 1.44 bits per heavy atom. The molecular formula is C13H15BrFN3. The van der Waals surface area contributed by atoms with Crippen molar-refractivity contribution in [3.63, 3.8) is 0 Å². The van der Waals surface area contributed by atoms with E-state index in [0.29, 0.717) is 0 Å². The van der Waals surface area contributed by atoms with Gasteiger partial charge >= 0.3 is 0 Å². The molecule has 0 saturated heterocycles. The van der Waals surface area contributed by atoms with Crippen LogP contribution in [0.1, 0.15) is 24.2 Å². The van der Waals surface area contributed by atoms with Gasteiger partial charge in [-0.2, -0.15) is 5.10 Å². The van der Waals surface area contributed by atoms with Gasteiger partial charge in [-0.15, -0.1) is 0 Å². The third-order valence-corrected chi connectivity index (χ3v) is 3.48. The summed E-state index contributed by atoms with van der Waals surface area (Å²) in [5, 5.41) is 7.66. The Bertz CT molecular complexity index is 565. The first-order valence-electron chi connectivity index (χ1n) is 5.69. The molecule has 1 aromatic carbocycles. The number of hydrogen-bond donors (Lipinski definition) is 1. The second kappa shape index (κ2) is 5.10. The molecule has 1 N–H and O–H groups in total. The maximum Gasteiger partial charge on any atom is 0.124 e. The first-order valence-corrected chi connectivity index (χ1v) is 6.48. The molecule has 1 heterocycles. The lowest BCUT2D eigenvalue weighted by Gasteiger charge is -2.16. The van der Waals surface area contributed by atoms with E-state index >= 15 is 0 Å². The molecule has 0 radical (unpaired) electrons. The van der Waals surface area contributed by atoms with E-state index in [-0.39, 0.29) is 11.9 Å². The average molecular weight is 312 g/mol. The van der Waals surface area contributed by atoms with Gasteiger partial charge in [0.25, 0.3) is 0 Å². The molecule has 1 aromatic heterocycles. The second-order valence-corrected chi connectivity index (χ2v) is 5.19. The summed E-state index contributed by atoms with van der Waals surface area (Å²) < 4.78 is 15.5. The lowest BCUT2D eigenvalue weighted by molar-refractivity contribution is 0.627. The molecule has 1 atom stereocenters. The molecule has 1 unspecified atom stereocenters. The highest BCUT2D eigenvalue weighted by molar-refractivity contribution is 9.10. The molecule has 0 amide bonds. The summed E-state index contributed by atoms with van der Waals surface area (Å²) in [7, 11) is 1.90. The van der Waals surface area contributed by atoms with Crippen molar-refractivity contribution in [2.24, 2.45) is 7.05 Å². The van der Waals surface area contributed by atoms with Gasteiger partial charge in [0.15, 0.2) is 0 Å². The SMILES string of the molecule is Cc1nn(C)cc1C(C)Nc1ccc(F)cc1Br. The Labute approximate surface area is 114 Å². The fraction of sp³-hybridized carbons (Fsp3) is 0.308. The zero-order chi connectivity index (χ0) is 13.3. The summed E-state index contributed by atoms with van der Waals surface area (Å²) in [5.74, 6) is -0.252. The molecule has 2 aromatic rings. The third-order valence-electron chi connectivity index (χ3n) is 2.82. The van der Waals surface area contributed by atoms with Crippen LogP contribution in [0.4, 0.5) is 10.1 Å². The first-order chi connectivity index (χ1) is 8.47. The Hall–Kier alpha value is -1.36. The van der Waals surface area contributed by atoms with E-state index in [1.165, 1.54) is 12.1 Å². The highest BCUT2D eigenvalue weighted by Crippen LogP contribution is 2.27. The van der Waals surface area contributed by atoms with E-state index in [9.17, 15) is 4.39 Å². The van der Waals surface area contributed by atoms with Crippen LogP contribution in [0.2, 0.25) is 0 Å². The molecule has 0 bridgehead atoms. The van der Waals surface area contributed by atoms with Crippen molar-refractivity contribution < 1.29 is 4.39 Å². The van der Waals surface area contributed by atoms with Crippen LogP contribution < -0.4 is 5.32 Å². The van der Waals surface area contributed by atoms with Crippen LogP contribution in [0.15, 0.2) is 28.9 Å². The van der Waals surface area contributed by atoms with Crippen LogP contribution >= 0.6 is 15.9 Å². The minimum Gasteiger partial charge on any atom is -0.377 e. The third kappa shape index (κ3) is 2.72. The molecule has 0 fully saturated rings. The van der Waals surface area contributed by atoms with E-state index < -0.39 is 0 Å². The Morgan fingerprint density at radius 2 is 2.17 bits per heavy atom. The maximum absolute atomic E-state index is 13.0. The van der Waals surface area contributed by atoms with Crippen LogP contribution in [0.5, 0.6) is 0 Å². The number of rotatable bonds is 3. The smallest absolute Gasteiger partial charge is 0.124 e. The predicted octanol–water partition coefficient (Wildman–Crippen LogP) is 3.80. The van der Waals surface area contributed by atoms with Gasteiger partial charge in [0.05, 0.1) is 11.7 Å². The van der Waals surface area contributed by atoms with Crippen molar-refractivity contribution in [2.45, 2.75) is 19.9 Å². The van der Waals surface area contributed by atoms with E-state index in [1.807, 2.05) is 20.2 Å². The summed E-state index contributed by atoms with van der Waals surface area (Å²) in [4.78, 5) is 0. The minimum atomic E-state index is -0.252. The number of hydrogen-bond acceptors (Lipinski definition) is 2. The molecule has 96 valence electrons. The first kappa shape index (κ1) is 13.1. The van der Waals surface area contributed by atoms with Crippen molar-refractivity contribution >= 4 is 21.6 Å². The van der Waals surface area contributed by atoms with Crippen LogP contribution in [0.3, 0.4) is 0 Å². The summed E-state index contributed by atoms with van der Waals surface area (Å²) in [6.45, 7) is 4.03. The zero-order valence-corrected chi connectivity index (χ0v) is 12.1. The predicted molar refractivity (Wildman–Crippen MR) is 74.1 cm³/mol. The van der Waals surface area contributed by atoms with Crippen LogP contribution in [-0.4, -0.2) is 9.78 Å². The van der Waals surface area contributed by atoms with Gasteiger partial charge < -0.3 is 5.32 Å². The number of nitrogens with zero attached hydrogens (tertiary/aromatic N) is 2. The molecular weight excluding hydrogens is 297 g/mol. The molecule has 2 rings (SSSR count). The number of halogens is 2. The van der Waals surface area contributed by atoms with Crippen molar-refractivity contribution in [1.29, 1.82) is 0 Å². The standard InChI is InChI=1S/C13H15BrFN3/c1-8(11-7-18(3)17-9(11)2)16-13-5-4-10(15)6-12(13)14/h4-8,16H,1-3H3. The van der Waals surface area contributed by atoms with E-state index in [0.717, 1.165) is 21.4 Å². The van der Waals surface area contributed by atoms with Crippen molar-refractivity contribution in [3.05, 3.63) is 45.9 Å². The van der Waals surface area contributed by atoms with E-state index in [1.54, 1.807) is 10.7 Å². The lowest BCUT2D eigenvalue weighted by Crippen LogP contribution is -2.07. The number of benzene rings is 1. The van der Waals surface area contributed by atoms with Gasteiger partial charge in [-0.05, 0) is 48.0 Å². The Balaban J connectivity index is 2.21. The molecule has 0 aliphatic heterocycles. The van der Waals surface area contributed by atoms with E-state index in [2.05, 4.69) is 33.3 Å². The lowest BCUT2D eigenvalue weighted by atomic mass is 10.1. The van der Waals surface area contributed by atoms with Gasteiger partial charge in [0.2, 0.25) is 0 Å². The van der Waals surface area contributed by atoms with Gasteiger partial charge in [0, 0.05) is 29.0 Å². The molecule has 0 saturated carbocycles. The number of aryl methyl sites for hydroxylation is 2. The molecule has 0 spiro atoms. The Kier molecular flexibility index (Phi) is 3.71. The molecule has 0 aliphatic carbocycles. The topological polar surface area (TPSA) is 29.9 Å². The fourth-order valence-corrected chi connectivity index (χ4v) is 2.43. The largest absolute Gasteiger partial charge is 0.377 e.